The van der Waals surface area contributed by atoms with Crippen molar-refractivity contribution in [2.45, 2.75) is 49.0 Å². The third-order valence-corrected chi connectivity index (χ3v) is 5.30. The molecule has 1 unspecified atom stereocenters. The summed E-state index contributed by atoms with van der Waals surface area (Å²) in [5.41, 5.74) is 0.481. The second-order valence-corrected chi connectivity index (χ2v) is 7.30. The van der Waals surface area contributed by atoms with Crippen molar-refractivity contribution < 1.29 is 9.53 Å². The fourth-order valence-electron chi connectivity index (χ4n) is 1.88. The molecule has 1 aromatic heterocycles. The molecule has 1 N–H and O–H groups in total. The van der Waals surface area contributed by atoms with Crippen LogP contribution < -0.4 is 5.32 Å². The monoisotopic (exact) mass is 300 g/mol. The third kappa shape index (κ3) is 4.19. The number of aromatic nitrogens is 1. The van der Waals surface area contributed by atoms with Gasteiger partial charge in [-0.3, -0.25) is 10.1 Å². The van der Waals surface area contributed by atoms with Crippen molar-refractivity contribution in [1.29, 1.82) is 0 Å². The standard InChI is InChI=1S/C13H20N2O2S2/c1-9-8-19-12(14-9)18-7-6-13(2,11(16)17-3)15-10-4-5-10/h8,10,15H,4-7H2,1-3H3. The van der Waals surface area contributed by atoms with Crippen LogP contribution in [0.5, 0.6) is 0 Å². The summed E-state index contributed by atoms with van der Waals surface area (Å²) in [6.07, 6.45) is 3.07. The van der Waals surface area contributed by atoms with Crippen LogP contribution in [-0.2, 0) is 9.53 Å². The van der Waals surface area contributed by atoms with Crippen LogP contribution in [-0.4, -0.2) is 35.4 Å². The Hall–Kier alpha value is -0.590. The summed E-state index contributed by atoms with van der Waals surface area (Å²) in [5, 5.41) is 5.45. The van der Waals surface area contributed by atoms with E-state index < -0.39 is 5.54 Å². The predicted molar refractivity (Wildman–Crippen MR) is 78.8 cm³/mol. The summed E-state index contributed by atoms with van der Waals surface area (Å²) < 4.78 is 5.99. The molecule has 1 aromatic rings. The van der Waals surface area contributed by atoms with Crippen molar-refractivity contribution in [1.82, 2.24) is 10.3 Å². The maximum absolute atomic E-state index is 11.9. The van der Waals surface area contributed by atoms with Crippen molar-refractivity contribution in [2.75, 3.05) is 12.9 Å². The number of nitrogens with zero attached hydrogens (tertiary/aromatic N) is 1. The molecule has 0 saturated heterocycles. The second-order valence-electron chi connectivity index (χ2n) is 5.10. The van der Waals surface area contributed by atoms with E-state index in [-0.39, 0.29) is 5.97 Å². The highest BCUT2D eigenvalue weighted by Crippen LogP contribution is 2.28. The lowest BCUT2D eigenvalue weighted by molar-refractivity contribution is -0.148. The summed E-state index contributed by atoms with van der Waals surface area (Å²) in [6, 6.07) is 0.483. The summed E-state index contributed by atoms with van der Waals surface area (Å²) in [7, 11) is 1.45. The first-order valence-electron chi connectivity index (χ1n) is 6.44. The zero-order valence-corrected chi connectivity index (χ0v) is 13.2. The van der Waals surface area contributed by atoms with E-state index in [9.17, 15) is 4.79 Å². The van der Waals surface area contributed by atoms with E-state index in [0.717, 1.165) is 35.0 Å². The first-order valence-corrected chi connectivity index (χ1v) is 8.31. The number of carbonyl (C=O) groups excluding carboxylic acids is 1. The smallest absolute Gasteiger partial charge is 0.325 e. The number of ether oxygens (including phenoxy) is 1. The highest BCUT2D eigenvalue weighted by molar-refractivity contribution is 8.01. The summed E-state index contributed by atoms with van der Waals surface area (Å²) in [6.45, 7) is 3.93. The zero-order chi connectivity index (χ0) is 13.9. The zero-order valence-electron chi connectivity index (χ0n) is 11.6. The van der Waals surface area contributed by atoms with E-state index in [2.05, 4.69) is 10.3 Å². The van der Waals surface area contributed by atoms with Crippen LogP contribution in [0.4, 0.5) is 0 Å². The molecule has 0 bridgehead atoms. The molecule has 1 aliphatic carbocycles. The van der Waals surface area contributed by atoms with Crippen LogP contribution in [0, 0.1) is 6.92 Å². The van der Waals surface area contributed by atoms with E-state index in [1.54, 1.807) is 23.1 Å². The highest BCUT2D eigenvalue weighted by atomic mass is 32.2. The molecule has 0 amide bonds. The van der Waals surface area contributed by atoms with Crippen LogP contribution in [0.1, 0.15) is 31.9 Å². The lowest BCUT2D eigenvalue weighted by Gasteiger charge is -2.27. The van der Waals surface area contributed by atoms with E-state index in [0.29, 0.717) is 6.04 Å². The normalized spacial score (nSPS) is 18.1. The van der Waals surface area contributed by atoms with Crippen molar-refractivity contribution in [3.63, 3.8) is 0 Å². The van der Waals surface area contributed by atoms with Crippen molar-refractivity contribution in [3.8, 4) is 0 Å². The molecule has 6 heteroatoms. The number of nitrogens with one attached hydrogen (secondary N) is 1. The van der Waals surface area contributed by atoms with Gasteiger partial charge >= 0.3 is 5.97 Å². The lowest BCUT2D eigenvalue weighted by atomic mass is 9.99. The molecule has 1 heterocycles. The average molecular weight is 300 g/mol. The van der Waals surface area contributed by atoms with Crippen molar-refractivity contribution in [2.24, 2.45) is 0 Å². The minimum absolute atomic E-state index is 0.171. The van der Waals surface area contributed by atoms with E-state index in [4.69, 9.17) is 4.74 Å². The summed E-state index contributed by atoms with van der Waals surface area (Å²) in [4.78, 5) is 16.3. The third-order valence-electron chi connectivity index (χ3n) is 3.16. The number of aryl methyl sites for hydroxylation is 1. The number of carbonyl (C=O) groups is 1. The van der Waals surface area contributed by atoms with Gasteiger partial charge in [-0.25, -0.2) is 4.98 Å². The van der Waals surface area contributed by atoms with Gasteiger partial charge in [0, 0.05) is 22.9 Å². The molecule has 1 saturated carbocycles. The number of esters is 1. The Morgan fingerprint density at radius 3 is 2.95 bits per heavy atom. The Kier molecular flexibility index (Phi) is 4.86. The Labute approximate surface area is 122 Å². The van der Waals surface area contributed by atoms with Gasteiger partial charge in [-0.05, 0) is 33.1 Å². The predicted octanol–water partition coefficient (Wildman–Crippen LogP) is 2.62. The van der Waals surface area contributed by atoms with Crippen LogP contribution in [0.25, 0.3) is 0 Å². The Morgan fingerprint density at radius 2 is 2.42 bits per heavy atom. The van der Waals surface area contributed by atoms with E-state index >= 15 is 0 Å². The fraction of sp³-hybridized carbons (Fsp3) is 0.692. The van der Waals surface area contributed by atoms with Gasteiger partial charge in [-0.15, -0.1) is 11.3 Å². The Morgan fingerprint density at radius 1 is 1.68 bits per heavy atom. The molecular formula is C13H20N2O2S2. The molecule has 1 aliphatic rings. The van der Waals surface area contributed by atoms with Gasteiger partial charge in [0.25, 0.3) is 0 Å². The van der Waals surface area contributed by atoms with E-state index in [1.165, 1.54) is 7.11 Å². The highest BCUT2D eigenvalue weighted by Gasteiger charge is 2.38. The maximum Gasteiger partial charge on any atom is 0.325 e. The first-order chi connectivity index (χ1) is 9.03. The minimum atomic E-state index is -0.574. The van der Waals surface area contributed by atoms with Crippen LogP contribution >= 0.6 is 23.1 Å². The van der Waals surface area contributed by atoms with Gasteiger partial charge in [-0.1, -0.05) is 11.8 Å². The van der Waals surface area contributed by atoms with Crippen LogP contribution in [0.3, 0.4) is 0 Å². The Balaban J connectivity index is 1.86. The molecule has 2 rings (SSSR count). The van der Waals surface area contributed by atoms with Gasteiger partial charge in [0.2, 0.25) is 0 Å². The number of thiazole rings is 1. The van der Waals surface area contributed by atoms with Crippen LogP contribution in [0.2, 0.25) is 0 Å². The molecule has 0 radical (unpaired) electrons. The van der Waals surface area contributed by atoms with Crippen LogP contribution in [0.15, 0.2) is 9.72 Å². The molecule has 106 valence electrons. The van der Waals surface area contributed by atoms with Crippen molar-refractivity contribution >= 4 is 29.1 Å². The number of hydrogen-bond donors (Lipinski definition) is 1. The molecule has 0 spiro atoms. The largest absolute Gasteiger partial charge is 0.468 e. The SMILES string of the molecule is COC(=O)C(C)(CCSc1nc(C)cs1)NC1CC1. The number of rotatable bonds is 7. The molecule has 0 aromatic carbocycles. The van der Waals surface area contributed by atoms with Gasteiger partial charge in [0.05, 0.1) is 7.11 Å². The maximum atomic E-state index is 11.9. The Bertz CT molecular complexity index is 446. The summed E-state index contributed by atoms with van der Waals surface area (Å²) in [5.74, 6) is 0.688. The topological polar surface area (TPSA) is 51.2 Å². The second kappa shape index (κ2) is 6.24. The number of thioether (sulfide) groups is 1. The van der Waals surface area contributed by atoms with Gasteiger partial charge < -0.3 is 4.74 Å². The van der Waals surface area contributed by atoms with Gasteiger partial charge in [0.1, 0.15) is 9.88 Å². The summed E-state index contributed by atoms with van der Waals surface area (Å²) >= 11 is 3.36. The molecule has 1 atom stereocenters. The fourth-order valence-corrected chi connectivity index (χ4v) is 3.96. The first kappa shape index (κ1) is 14.8. The lowest BCUT2D eigenvalue weighted by Crippen LogP contribution is -2.51. The quantitative estimate of drug-likeness (QED) is 0.619. The molecule has 1 fully saturated rings. The molecular weight excluding hydrogens is 280 g/mol. The molecule has 0 aliphatic heterocycles. The van der Waals surface area contributed by atoms with Gasteiger partial charge in [0.15, 0.2) is 0 Å². The minimum Gasteiger partial charge on any atom is -0.468 e. The average Bonchev–Trinajstić information content (AvgIpc) is 3.09. The molecule has 19 heavy (non-hydrogen) atoms. The number of methoxy groups -OCH3 is 1. The van der Waals surface area contributed by atoms with Crippen molar-refractivity contribution in [3.05, 3.63) is 11.1 Å². The molecule has 4 nitrogen and oxygen atoms in total. The van der Waals surface area contributed by atoms with E-state index in [1.807, 2.05) is 19.2 Å². The number of hydrogen-bond acceptors (Lipinski definition) is 6. The van der Waals surface area contributed by atoms with Gasteiger partial charge in [-0.2, -0.15) is 0 Å².